The van der Waals surface area contributed by atoms with Crippen LogP contribution >= 0.6 is 0 Å². The Kier molecular flexibility index (Phi) is 3.76. The third-order valence-electron chi connectivity index (χ3n) is 2.84. The summed E-state index contributed by atoms with van der Waals surface area (Å²) in [5.41, 5.74) is 3.93. The van der Waals surface area contributed by atoms with Crippen LogP contribution in [0.5, 0.6) is 5.75 Å². The van der Waals surface area contributed by atoms with Gasteiger partial charge in [0.2, 0.25) is 0 Å². The quantitative estimate of drug-likeness (QED) is 0.844. The van der Waals surface area contributed by atoms with E-state index in [9.17, 15) is 0 Å². The second-order valence-corrected chi connectivity index (χ2v) is 4.36. The first-order valence-electron chi connectivity index (χ1n) is 6.00. The Morgan fingerprint density at radius 1 is 1.32 bits per heavy atom. The highest BCUT2D eigenvalue weighted by Gasteiger charge is 2.11. The predicted octanol–water partition coefficient (Wildman–Crippen LogP) is 2.84. The van der Waals surface area contributed by atoms with E-state index in [1.165, 1.54) is 0 Å². The molecule has 4 nitrogen and oxygen atoms in total. The first kappa shape index (κ1) is 13.0. The molecule has 0 aliphatic carbocycles. The molecule has 0 unspecified atom stereocenters. The summed E-state index contributed by atoms with van der Waals surface area (Å²) in [6.07, 6.45) is 1.88. The predicted molar refractivity (Wildman–Crippen MR) is 72.8 cm³/mol. The van der Waals surface area contributed by atoms with Crippen molar-refractivity contribution in [1.82, 2.24) is 9.97 Å². The molecule has 4 heteroatoms. The molecule has 0 aliphatic rings. The van der Waals surface area contributed by atoms with Gasteiger partial charge in [-0.1, -0.05) is 6.07 Å². The Morgan fingerprint density at radius 3 is 2.79 bits per heavy atom. The molecule has 0 saturated heterocycles. The van der Waals surface area contributed by atoms with E-state index >= 15 is 0 Å². The zero-order chi connectivity index (χ0) is 13.8. The van der Waals surface area contributed by atoms with Gasteiger partial charge in [-0.25, -0.2) is 9.97 Å². The molecule has 96 valence electrons. The number of aromatic nitrogens is 2. The lowest BCUT2D eigenvalue weighted by Gasteiger charge is -2.12. The average Bonchev–Trinajstić information content (AvgIpc) is 2.38. The normalized spacial score (nSPS) is 10.0. The maximum Gasteiger partial charge on any atom is 0.142 e. The summed E-state index contributed by atoms with van der Waals surface area (Å²) in [6.45, 7) is 4.04. The number of hydrogen-bond acceptors (Lipinski definition) is 4. The van der Waals surface area contributed by atoms with E-state index in [0.29, 0.717) is 5.82 Å². The number of nitriles is 1. The van der Waals surface area contributed by atoms with Gasteiger partial charge in [0.25, 0.3) is 0 Å². The first-order chi connectivity index (χ1) is 9.15. The van der Waals surface area contributed by atoms with Gasteiger partial charge in [0.05, 0.1) is 25.3 Å². The third kappa shape index (κ3) is 2.71. The van der Waals surface area contributed by atoms with Crippen molar-refractivity contribution in [1.29, 1.82) is 5.26 Å². The van der Waals surface area contributed by atoms with E-state index in [1.54, 1.807) is 13.3 Å². The minimum atomic E-state index is 0.209. The van der Waals surface area contributed by atoms with E-state index in [-0.39, 0.29) is 6.42 Å². The molecule has 1 aromatic carbocycles. The minimum Gasteiger partial charge on any atom is -0.496 e. The summed E-state index contributed by atoms with van der Waals surface area (Å²) in [6, 6.07) is 7.99. The highest BCUT2D eigenvalue weighted by Crippen LogP contribution is 2.32. The molecule has 19 heavy (non-hydrogen) atoms. The van der Waals surface area contributed by atoms with Crippen molar-refractivity contribution in [3.63, 3.8) is 0 Å². The maximum absolute atomic E-state index is 8.72. The Balaban J connectivity index is 2.58. The van der Waals surface area contributed by atoms with E-state index in [1.807, 2.05) is 26.0 Å². The maximum atomic E-state index is 8.72. The van der Waals surface area contributed by atoms with Crippen molar-refractivity contribution >= 4 is 0 Å². The van der Waals surface area contributed by atoms with Gasteiger partial charge in [0, 0.05) is 11.8 Å². The minimum absolute atomic E-state index is 0.209. The van der Waals surface area contributed by atoms with Crippen LogP contribution in [0.1, 0.15) is 17.0 Å². The molecule has 0 aliphatic heterocycles. The summed E-state index contributed by atoms with van der Waals surface area (Å²) in [5.74, 6) is 1.34. The fourth-order valence-electron chi connectivity index (χ4n) is 2.12. The molecule has 0 fully saturated rings. The molecule has 0 saturated carbocycles. The van der Waals surface area contributed by atoms with Crippen LogP contribution in [0.2, 0.25) is 0 Å². The van der Waals surface area contributed by atoms with Crippen LogP contribution in [0.3, 0.4) is 0 Å². The number of rotatable bonds is 3. The molecule has 2 aromatic rings. The van der Waals surface area contributed by atoms with Gasteiger partial charge >= 0.3 is 0 Å². The van der Waals surface area contributed by atoms with Crippen LogP contribution in [0.15, 0.2) is 24.4 Å². The highest BCUT2D eigenvalue weighted by atomic mass is 16.5. The van der Waals surface area contributed by atoms with Gasteiger partial charge in [-0.2, -0.15) is 5.26 Å². The molecule has 0 bridgehead atoms. The van der Waals surface area contributed by atoms with Crippen molar-refractivity contribution in [3.8, 4) is 23.1 Å². The molecule has 0 amide bonds. The van der Waals surface area contributed by atoms with E-state index < -0.39 is 0 Å². The van der Waals surface area contributed by atoms with Crippen LogP contribution in [0, 0.1) is 25.2 Å². The molecule has 1 heterocycles. The highest BCUT2D eigenvalue weighted by molar-refractivity contribution is 5.70. The van der Waals surface area contributed by atoms with Crippen LogP contribution in [0.25, 0.3) is 11.3 Å². The lowest BCUT2D eigenvalue weighted by atomic mass is 10.0. The number of nitrogens with zero attached hydrogens (tertiary/aromatic N) is 3. The number of aryl methyl sites for hydroxylation is 2. The van der Waals surface area contributed by atoms with E-state index in [4.69, 9.17) is 10.00 Å². The Morgan fingerprint density at radius 2 is 2.11 bits per heavy atom. The molecule has 0 N–H and O–H groups in total. The van der Waals surface area contributed by atoms with Crippen molar-refractivity contribution in [2.45, 2.75) is 20.3 Å². The lowest BCUT2D eigenvalue weighted by Crippen LogP contribution is -1.98. The second-order valence-electron chi connectivity index (χ2n) is 4.36. The number of hydrogen-bond donors (Lipinski definition) is 0. The van der Waals surface area contributed by atoms with Gasteiger partial charge in [0.15, 0.2) is 0 Å². The molecular formula is C15H15N3O. The van der Waals surface area contributed by atoms with Gasteiger partial charge in [-0.05, 0) is 37.1 Å². The molecule has 0 atom stereocenters. The van der Waals surface area contributed by atoms with Crippen molar-refractivity contribution < 1.29 is 4.74 Å². The average molecular weight is 253 g/mol. The summed E-state index contributed by atoms with van der Waals surface area (Å²) in [5, 5.41) is 8.72. The fraction of sp³-hybridized carbons (Fsp3) is 0.267. The molecule has 0 radical (unpaired) electrons. The summed E-state index contributed by atoms with van der Waals surface area (Å²) >= 11 is 0. The van der Waals surface area contributed by atoms with E-state index in [2.05, 4.69) is 22.1 Å². The summed E-state index contributed by atoms with van der Waals surface area (Å²) in [7, 11) is 1.65. The van der Waals surface area contributed by atoms with Gasteiger partial charge < -0.3 is 4.74 Å². The summed E-state index contributed by atoms with van der Waals surface area (Å²) < 4.78 is 5.46. The van der Waals surface area contributed by atoms with Gasteiger partial charge in [-0.15, -0.1) is 0 Å². The number of methoxy groups -OCH3 is 1. The zero-order valence-electron chi connectivity index (χ0n) is 11.3. The molecular weight excluding hydrogens is 238 g/mol. The Hall–Kier alpha value is -2.41. The van der Waals surface area contributed by atoms with Gasteiger partial charge in [-0.3, -0.25) is 0 Å². The topological polar surface area (TPSA) is 58.8 Å². The van der Waals surface area contributed by atoms with Crippen molar-refractivity contribution in [2.75, 3.05) is 7.11 Å². The fourth-order valence-corrected chi connectivity index (χ4v) is 2.12. The van der Waals surface area contributed by atoms with Crippen LogP contribution in [0.4, 0.5) is 0 Å². The SMILES string of the molecule is COc1c(C)cc(C)cc1-c1ccnc(CC#N)n1. The molecule has 1 aromatic heterocycles. The van der Waals surface area contributed by atoms with Crippen molar-refractivity contribution in [3.05, 3.63) is 41.3 Å². The van der Waals surface area contributed by atoms with E-state index in [0.717, 1.165) is 28.1 Å². The first-order valence-corrected chi connectivity index (χ1v) is 6.00. The Bertz CT molecular complexity index is 644. The molecule has 2 rings (SSSR count). The number of ether oxygens (including phenoxy) is 1. The third-order valence-corrected chi connectivity index (χ3v) is 2.84. The monoisotopic (exact) mass is 253 g/mol. The molecule has 0 spiro atoms. The lowest BCUT2D eigenvalue weighted by molar-refractivity contribution is 0.413. The number of benzene rings is 1. The summed E-state index contributed by atoms with van der Waals surface area (Å²) in [4.78, 5) is 8.49. The Labute approximate surface area is 112 Å². The van der Waals surface area contributed by atoms with Crippen molar-refractivity contribution in [2.24, 2.45) is 0 Å². The van der Waals surface area contributed by atoms with Crippen LogP contribution < -0.4 is 4.74 Å². The standard InChI is InChI=1S/C15H15N3O/c1-10-8-11(2)15(19-3)12(9-10)13-5-7-17-14(18-13)4-6-16/h5,7-9H,4H2,1-3H3. The van der Waals surface area contributed by atoms with Crippen LogP contribution in [-0.2, 0) is 6.42 Å². The largest absolute Gasteiger partial charge is 0.496 e. The van der Waals surface area contributed by atoms with Gasteiger partial charge in [0.1, 0.15) is 11.6 Å². The zero-order valence-corrected chi connectivity index (χ0v) is 11.3. The van der Waals surface area contributed by atoms with Crippen LogP contribution in [-0.4, -0.2) is 17.1 Å². The second kappa shape index (κ2) is 5.49. The smallest absolute Gasteiger partial charge is 0.142 e.